The van der Waals surface area contributed by atoms with Crippen LogP contribution in [0.4, 0.5) is 4.79 Å². The SMILES string of the molecule is NC(=O)Cc1noc([C@H](CC(=O)O)NC(=O)OCC2c3ccccc3-c3ccccc32)n1. The molecule has 1 aliphatic rings. The summed E-state index contributed by atoms with van der Waals surface area (Å²) in [5, 5.41) is 15.2. The highest BCUT2D eigenvalue weighted by molar-refractivity contribution is 5.79. The van der Waals surface area contributed by atoms with Gasteiger partial charge in [-0.05, 0) is 22.3 Å². The van der Waals surface area contributed by atoms with E-state index in [1.54, 1.807) is 0 Å². The molecule has 32 heavy (non-hydrogen) atoms. The summed E-state index contributed by atoms with van der Waals surface area (Å²) in [6.45, 7) is 0.0659. The predicted octanol–water partition coefficient (Wildman–Crippen LogP) is 2.15. The lowest BCUT2D eigenvalue weighted by Crippen LogP contribution is -2.32. The van der Waals surface area contributed by atoms with Gasteiger partial charge in [-0.15, -0.1) is 0 Å². The summed E-state index contributed by atoms with van der Waals surface area (Å²) in [5.41, 5.74) is 9.38. The highest BCUT2D eigenvalue weighted by atomic mass is 16.5. The number of fused-ring (bicyclic) bond motifs is 3. The number of benzene rings is 2. The van der Waals surface area contributed by atoms with Crippen molar-refractivity contribution < 1.29 is 28.8 Å². The lowest BCUT2D eigenvalue weighted by Gasteiger charge is -2.17. The smallest absolute Gasteiger partial charge is 0.407 e. The first-order valence-corrected chi connectivity index (χ1v) is 9.86. The Morgan fingerprint density at radius 3 is 2.31 bits per heavy atom. The number of aliphatic carboxylic acids is 1. The molecule has 0 unspecified atom stereocenters. The second-order valence-corrected chi connectivity index (χ2v) is 7.31. The summed E-state index contributed by atoms with van der Waals surface area (Å²) >= 11 is 0. The molecule has 4 N–H and O–H groups in total. The zero-order chi connectivity index (χ0) is 22.7. The van der Waals surface area contributed by atoms with E-state index in [1.165, 1.54) is 0 Å². The molecule has 0 bridgehead atoms. The van der Waals surface area contributed by atoms with Gasteiger partial charge >= 0.3 is 12.1 Å². The minimum atomic E-state index is -1.19. The highest BCUT2D eigenvalue weighted by Crippen LogP contribution is 2.44. The maximum absolute atomic E-state index is 12.5. The van der Waals surface area contributed by atoms with Crippen LogP contribution in [-0.4, -0.2) is 39.8 Å². The number of carbonyl (C=O) groups excluding carboxylic acids is 2. The van der Waals surface area contributed by atoms with Gasteiger partial charge in [0.25, 0.3) is 0 Å². The molecule has 4 rings (SSSR count). The van der Waals surface area contributed by atoms with E-state index in [2.05, 4.69) is 15.5 Å². The fourth-order valence-corrected chi connectivity index (χ4v) is 3.79. The van der Waals surface area contributed by atoms with Crippen LogP contribution in [0.1, 0.15) is 41.2 Å². The topological polar surface area (TPSA) is 158 Å². The van der Waals surface area contributed by atoms with Crippen molar-refractivity contribution in [2.24, 2.45) is 5.73 Å². The van der Waals surface area contributed by atoms with Crippen LogP contribution in [0.5, 0.6) is 0 Å². The molecule has 0 saturated heterocycles. The molecule has 2 amide bonds. The number of alkyl carbamates (subject to hydrolysis) is 1. The number of nitrogens with two attached hydrogens (primary N) is 1. The van der Waals surface area contributed by atoms with E-state index in [0.29, 0.717) is 0 Å². The number of primary amides is 1. The Bertz CT molecular complexity index is 1130. The van der Waals surface area contributed by atoms with Gasteiger partial charge in [-0.25, -0.2) is 4.79 Å². The maximum Gasteiger partial charge on any atom is 0.407 e. The number of aromatic nitrogens is 2. The summed E-state index contributed by atoms with van der Waals surface area (Å²) in [6, 6.07) is 14.7. The molecule has 1 aliphatic carbocycles. The monoisotopic (exact) mass is 436 g/mol. The van der Waals surface area contributed by atoms with Crippen LogP contribution >= 0.6 is 0 Å². The maximum atomic E-state index is 12.5. The second kappa shape index (κ2) is 8.88. The van der Waals surface area contributed by atoms with Crippen molar-refractivity contribution in [2.45, 2.75) is 24.8 Å². The zero-order valence-corrected chi connectivity index (χ0v) is 16.9. The van der Waals surface area contributed by atoms with Crippen LogP contribution in [0.2, 0.25) is 0 Å². The lowest BCUT2D eigenvalue weighted by molar-refractivity contribution is -0.137. The fourth-order valence-electron chi connectivity index (χ4n) is 3.79. The average Bonchev–Trinajstić information content (AvgIpc) is 3.34. The Hall–Kier alpha value is -4.21. The Labute approximate surface area is 182 Å². The first kappa shape index (κ1) is 21.0. The third-order valence-electron chi connectivity index (χ3n) is 5.13. The third kappa shape index (κ3) is 4.43. The van der Waals surface area contributed by atoms with Gasteiger partial charge in [-0.1, -0.05) is 53.7 Å². The number of carboxylic acid groups (broad SMARTS) is 1. The van der Waals surface area contributed by atoms with Crippen LogP contribution in [0.3, 0.4) is 0 Å². The van der Waals surface area contributed by atoms with Gasteiger partial charge in [0.15, 0.2) is 5.82 Å². The first-order valence-electron chi connectivity index (χ1n) is 9.86. The number of carbonyl (C=O) groups is 3. The van der Waals surface area contributed by atoms with E-state index in [1.807, 2.05) is 48.5 Å². The molecule has 1 aromatic heterocycles. The van der Waals surface area contributed by atoms with Crippen LogP contribution in [-0.2, 0) is 20.7 Å². The van der Waals surface area contributed by atoms with Crippen molar-refractivity contribution in [3.05, 3.63) is 71.4 Å². The van der Waals surface area contributed by atoms with Gasteiger partial charge in [0.05, 0.1) is 12.8 Å². The minimum Gasteiger partial charge on any atom is -0.481 e. The van der Waals surface area contributed by atoms with Crippen molar-refractivity contribution in [1.82, 2.24) is 15.5 Å². The number of ether oxygens (including phenoxy) is 1. The van der Waals surface area contributed by atoms with Crippen molar-refractivity contribution in [2.75, 3.05) is 6.61 Å². The summed E-state index contributed by atoms with van der Waals surface area (Å²) in [6.07, 6.45) is -1.61. The number of amides is 2. The standard InChI is InChI=1S/C22H20N4O6/c23-18(27)10-19-25-21(32-26-19)17(9-20(28)29)24-22(30)31-11-16-14-7-3-1-5-12(14)13-6-2-4-8-15(13)16/h1-8,16-17H,9-11H2,(H2,23,27)(H,24,30)(H,28,29)/t17-/m0/s1. The van der Waals surface area contributed by atoms with E-state index in [4.69, 9.17) is 15.0 Å². The third-order valence-corrected chi connectivity index (χ3v) is 5.13. The van der Waals surface area contributed by atoms with Crippen LogP contribution in [0, 0.1) is 0 Å². The van der Waals surface area contributed by atoms with Gasteiger partial charge < -0.3 is 25.4 Å². The van der Waals surface area contributed by atoms with E-state index in [-0.39, 0.29) is 30.7 Å². The number of rotatable bonds is 8. The molecule has 2 aromatic carbocycles. The number of nitrogens with one attached hydrogen (secondary N) is 1. The number of hydrogen-bond acceptors (Lipinski definition) is 7. The molecule has 1 atom stereocenters. The van der Waals surface area contributed by atoms with Crippen LogP contribution in [0.15, 0.2) is 53.1 Å². The van der Waals surface area contributed by atoms with Crippen molar-refractivity contribution in [3.8, 4) is 11.1 Å². The Morgan fingerprint density at radius 1 is 1.09 bits per heavy atom. The molecular weight excluding hydrogens is 416 g/mol. The minimum absolute atomic E-state index is 0.00257. The molecule has 10 nitrogen and oxygen atoms in total. The van der Waals surface area contributed by atoms with Gasteiger partial charge in [0.2, 0.25) is 11.8 Å². The predicted molar refractivity (Wildman–Crippen MR) is 110 cm³/mol. The molecule has 0 fully saturated rings. The van der Waals surface area contributed by atoms with Crippen LogP contribution < -0.4 is 11.1 Å². The molecule has 3 aromatic rings. The van der Waals surface area contributed by atoms with Gasteiger partial charge in [0, 0.05) is 5.92 Å². The average molecular weight is 436 g/mol. The molecule has 0 spiro atoms. The van der Waals surface area contributed by atoms with Gasteiger partial charge in [-0.3, -0.25) is 9.59 Å². The van der Waals surface area contributed by atoms with Crippen LogP contribution in [0.25, 0.3) is 11.1 Å². The number of hydrogen-bond donors (Lipinski definition) is 3. The van der Waals surface area contributed by atoms with Crippen molar-refractivity contribution in [1.29, 1.82) is 0 Å². The Kier molecular flexibility index (Phi) is 5.84. The quantitative estimate of drug-likeness (QED) is 0.485. The van der Waals surface area contributed by atoms with E-state index in [0.717, 1.165) is 22.3 Å². The van der Waals surface area contributed by atoms with E-state index < -0.39 is 30.4 Å². The Balaban J connectivity index is 1.45. The zero-order valence-electron chi connectivity index (χ0n) is 16.9. The molecule has 164 valence electrons. The van der Waals surface area contributed by atoms with Gasteiger partial charge in [0.1, 0.15) is 12.6 Å². The van der Waals surface area contributed by atoms with Gasteiger partial charge in [-0.2, -0.15) is 4.98 Å². The Morgan fingerprint density at radius 2 is 1.72 bits per heavy atom. The summed E-state index contributed by atoms with van der Waals surface area (Å²) in [5.74, 6) is -2.16. The first-order chi connectivity index (χ1) is 15.4. The molecule has 0 radical (unpaired) electrons. The molecule has 10 heteroatoms. The summed E-state index contributed by atoms with van der Waals surface area (Å²) in [4.78, 5) is 38.7. The molecular formula is C22H20N4O6. The van der Waals surface area contributed by atoms with Crippen molar-refractivity contribution in [3.63, 3.8) is 0 Å². The van der Waals surface area contributed by atoms with E-state index >= 15 is 0 Å². The number of nitrogens with zero attached hydrogens (tertiary/aromatic N) is 2. The number of carboxylic acids is 1. The highest BCUT2D eigenvalue weighted by Gasteiger charge is 2.30. The van der Waals surface area contributed by atoms with Crippen molar-refractivity contribution >= 4 is 18.0 Å². The normalized spacial score (nSPS) is 13.1. The second-order valence-electron chi connectivity index (χ2n) is 7.31. The summed E-state index contributed by atoms with van der Waals surface area (Å²) < 4.78 is 10.4. The summed E-state index contributed by atoms with van der Waals surface area (Å²) in [7, 11) is 0. The molecule has 0 aliphatic heterocycles. The molecule has 0 saturated carbocycles. The lowest BCUT2D eigenvalue weighted by atomic mass is 9.98. The molecule has 1 heterocycles. The van der Waals surface area contributed by atoms with E-state index in [9.17, 15) is 19.5 Å². The largest absolute Gasteiger partial charge is 0.481 e. The fraction of sp³-hybridized carbons (Fsp3) is 0.227.